The van der Waals surface area contributed by atoms with Crippen molar-refractivity contribution in [3.63, 3.8) is 0 Å². The maximum absolute atomic E-state index is 12.9. The van der Waals surface area contributed by atoms with Crippen molar-refractivity contribution in [1.29, 1.82) is 0 Å². The highest BCUT2D eigenvalue weighted by molar-refractivity contribution is 5.87. The average Bonchev–Trinajstić information content (AvgIpc) is 3.28. The first-order chi connectivity index (χ1) is 19.0. The van der Waals surface area contributed by atoms with E-state index in [0.29, 0.717) is 28.2 Å². The van der Waals surface area contributed by atoms with Crippen molar-refractivity contribution in [3.8, 4) is 0 Å². The van der Waals surface area contributed by atoms with Crippen LogP contribution < -0.4 is 0 Å². The highest BCUT2D eigenvalue weighted by atomic mass is 16.5. The van der Waals surface area contributed by atoms with Gasteiger partial charge in [0.1, 0.15) is 6.10 Å². The fourth-order valence-corrected chi connectivity index (χ4v) is 10.4. The van der Waals surface area contributed by atoms with Gasteiger partial charge >= 0.3 is 5.97 Å². The van der Waals surface area contributed by atoms with E-state index in [4.69, 9.17) is 4.74 Å². The van der Waals surface area contributed by atoms with Crippen molar-refractivity contribution in [2.45, 2.75) is 131 Å². The summed E-state index contributed by atoms with van der Waals surface area (Å²) >= 11 is 0. The predicted octanol–water partition coefficient (Wildman–Crippen LogP) is 9.47. The van der Waals surface area contributed by atoms with Gasteiger partial charge in [-0.25, -0.2) is 4.79 Å². The number of rotatable bonds is 13. The van der Waals surface area contributed by atoms with Crippen LogP contribution in [0.4, 0.5) is 0 Å². The topological polar surface area (TPSA) is 29.5 Å². The van der Waals surface area contributed by atoms with Crippen molar-refractivity contribution < 1.29 is 9.53 Å². The predicted molar refractivity (Wildman–Crippen MR) is 169 cm³/mol. The van der Waals surface area contributed by atoms with E-state index in [0.717, 1.165) is 68.4 Å². The summed E-state index contributed by atoms with van der Waals surface area (Å²) in [7, 11) is 2.12. The van der Waals surface area contributed by atoms with Crippen LogP contribution >= 0.6 is 0 Å². The minimum absolute atomic E-state index is 0.0843. The van der Waals surface area contributed by atoms with Gasteiger partial charge < -0.3 is 9.64 Å². The molecule has 4 rings (SSSR count). The number of carbonyl (C=O) groups is 1. The zero-order chi connectivity index (χ0) is 29.1. The first-order valence-electron chi connectivity index (χ1n) is 17.2. The highest BCUT2D eigenvalue weighted by Gasteiger charge is 2.60. The highest BCUT2D eigenvalue weighted by Crippen LogP contribution is 2.68. The summed E-state index contributed by atoms with van der Waals surface area (Å²) in [6.07, 6.45) is 19.9. The third-order valence-corrected chi connectivity index (χ3v) is 13.0. The lowest BCUT2D eigenvalue weighted by Crippen LogP contribution is -2.54. The SMILES string of the molecule is C=C[C@H](CCCC(C)C)[C@H]1CCC2C3CCC4C[C@@H](OC(=O)C(=C)CCCN(C)CC)CC[C@]4(C)C3CC[C@@]21C. The first kappa shape index (κ1) is 31.8. The van der Waals surface area contributed by atoms with Crippen LogP contribution in [-0.2, 0) is 9.53 Å². The zero-order valence-corrected chi connectivity index (χ0v) is 27.2. The average molecular weight is 554 g/mol. The zero-order valence-electron chi connectivity index (χ0n) is 27.2. The quantitative estimate of drug-likeness (QED) is 0.129. The molecule has 3 nitrogen and oxygen atoms in total. The molecule has 0 aromatic carbocycles. The molecule has 4 aliphatic rings. The van der Waals surface area contributed by atoms with Gasteiger partial charge in [0.05, 0.1) is 0 Å². The molecule has 0 N–H and O–H groups in total. The van der Waals surface area contributed by atoms with Crippen molar-refractivity contribution in [1.82, 2.24) is 4.90 Å². The maximum atomic E-state index is 12.9. The van der Waals surface area contributed by atoms with Gasteiger partial charge in [-0.2, -0.15) is 0 Å². The largest absolute Gasteiger partial charge is 0.459 e. The van der Waals surface area contributed by atoms with E-state index in [1.54, 1.807) is 0 Å². The summed E-state index contributed by atoms with van der Waals surface area (Å²) in [4.78, 5) is 15.1. The van der Waals surface area contributed by atoms with Crippen LogP contribution in [0.1, 0.15) is 125 Å². The minimum Gasteiger partial charge on any atom is -0.459 e. The van der Waals surface area contributed by atoms with Gasteiger partial charge in [-0.05, 0) is 149 Å². The van der Waals surface area contributed by atoms with Gasteiger partial charge in [-0.3, -0.25) is 0 Å². The Balaban J connectivity index is 1.33. The summed E-state index contributed by atoms with van der Waals surface area (Å²) in [5, 5.41) is 0. The van der Waals surface area contributed by atoms with Crippen molar-refractivity contribution in [2.75, 3.05) is 20.1 Å². The van der Waals surface area contributed by atoms with Gasteiger partial charge in [-0.15, -0.1) is 6.58 Å². The molecule has 4 fully saturated rings. The number of ether oxygens (including phenoxy) is 1. The Morgan fingerprint density at radius 2 is 1.73 bits per heavy atom. The van der Waals surface area contributed by atoms with Crippen molar-refractivity contribution in [3.05, 3.63) is 24.8 Å². The van der Waals surface area contributed by atoms with E-state index in [1.807, 2.05) is 0 Å². The van der Waals surface area contributed by atoms with Crippen LogP contribution in [0.15, 0.2) is 24.8 Å². The summed E-state index contributed by atoms with van der Waals surface area (Å²) < 4.78 is 6.09. The molecule has 0 aliphatic heterocycles. The van der Waals surface area contributed by atoms with Gasteiger partial charge in [0, 0.05) is 5.57 Å². The van der Waals surface area contributed by atoms with E-state index in [9.17, 15) is 4.79 Å². The summed E-state index contributed by atoms with van der Waals surface area (Å²) in [6.45, 7) is 22.6. The molecule has 4 saturated carbocycles. The number of allylic oxidation sites excluding steroid dienone is 1. The molecule has 9 atom stereocenters. The molecular formula is C37H63NO2. The lowest BCUT2D eigenvalue weighted by molar-refractivity contribution is -0.159. The molecule has 0 amide bonds. The fraction of sp³-hybridized carbons (Fsp3) is 0.865. The molecule has 0 spiro atoms. The molecule has 0 bridgehead atoms. The van der Waals surface area contributed by atoms with Crippen molar-refractivity contribution >= 4 is 5.97 Å². The van der Waals surface area contributed by atoms with E-state index >= 15 is 0 Å². The van der Waals surface area contributed by atoms with Gasteiger partial charge in [0.15, 0.2) is 0 Å². The van der Waals surface area contributed by atoms with Gasteiger partial charge in [0.25, 0.3) is 0 Å². The molecule has 40 heavy (non-hydrogen) atoms. The Bertz CT molecular complexity index is 879. The Morgan fingerprint density at radius 3 is 2.42 bits per heavy atom. The molecule has 0 aromatic heterocycles. The molecule has 4 unspecified atom stereocenters. The molecule has 4 aliphatic carbocycles. The van der Waals surface area contributed by atoms with E-state index in [-0.39, 0.29) is 12.1 Å². The second kappa shape index (κ2) is 13.5. The second-order valence-corrected chi connectivity index (χ2v) is 15.5. The van der Waals surface area contributed by atoms with E-state index in [1.165, 1.54) is 64.2 Å². The van der Waals surface area contributed by atoms with Crippen LogP contribution in [0.2, 0.25) is 0 Å². The summed E-state index contributed by atoms with van der Waals surface area (Å²) in [5.41, 5.74) is 1.58. The number of carbonyl (C=O) groups excluding carboxylic acids is 1. The first-order valence-corrected chi connectivity index (χ1v) is 17.2. The molecule has 0 radical (unpaired) electrons. The number of hydrogen-bond donors (Lipinski definition) is 0. The maximum Gasteiger partial charge on any atom is 0.333 e. The van der Waals surface area contributed by atoms with Gasteiger partial charge in [0.2, 0.25) is 0 Å². The Kier molecular flexibility index (Phi) is 10.7. The third-order valence-electron chi connectivity index (χ3n) is 13.0. The standard InChI is InChI=1S/C37H63NO2/c1-9-28(15-11-13-26(3)4)32-18-19-33-31-17-16-29-25-30(40-35(39)27(5)14-12-24-38(8)10-2)20-22-36(29,6)34(31)21-23-37(32,33)7/h9,26,28-34H,1,5,10-25H2,2-4,6-8H3/t28-,29?,30+,31?,32-,33?,34?,36+,37-/m1/s1. The normalized spacial score (nSPS) is 37.9. The molecule has 3 heteroatoms. The Labute approximate surface area is 248 Å². The van der Waals surface area contributed by atoms with Gasteiger partial charge in [-0.1, -0.05) is 60.1 Å². The van der Waals surface area contributed by atoms with E-state index in [2.05, 4.69) is 65.8 Å². The Morgan fingerprint density at radius 1 is 1.00 bits per heavy atom. The summed E-state index contributed by atoms with van der Waals surface area (Å²) in [5.74, 6) is 5.54. The van der Waals surface area contributed by atoms with Crippen LogP contribution in [-0.4, -0.2) is 37.1 Å². The lowest BCUT2D eigenvalue weighted by Gasteiger charge is -2.61. The van der Waals surface area contributed by atoms with Crippen molar-refractivity contribution in [2.24, 2.45) is 52.3 Å². The Hall–Kier alpha value is -1.09. The molecule has 228 valence electrons. The van der Waals surface area contributed by atoms with Crippen LogP contribution in [0.25, 0.3) is 0 Å². The third kappa shape index (κ3) is 6.60. The molecule has 0 aromatic rings. The smallest absolute Gasteiger partial charge is 0.333 e. The number of esters is 1. The monoisotopic (exact) mass is 553 g/mol. The van der Waals surface area contributed by atoms with Crippen LogP contribution in [0.3, 0.4) is 0 Å². The van der Waals surface area contributed by atoms with Crippen LogP contribution in [0, 0.1) is 52.3 Å². The molecule has 0 saturated heterocycles. The number of hydrogen-bond acceptors (Lipinski definition) is 3. The van der Waals surface area contributed by atoms with E-state index < -0.39 is 0 Å². The minimum atomic E-state index is -0.142. The number of nitrogens with zero attached hydrogens (tertiary/aromatic N) is 1. The molecule has 0 heterocycles. The molecular weight excluding hydrogens is 490 g/mol. The fourth-order valence-electron chi connectivity index (χ4n) is 10.4. The second-order valence-electron chi connectivity index (χ2n) is 15.5. The number of fused-ring (bicyclic) bond motifs is 5. The summed E-state index contributed by atoms with van der Waals surface area (Å²) in [6, 6.07) is 0. The lowest BCUT2D eigenvalue weighted by atomic mass is 9.44. The van der Waals surface area contributed by atoms with Crippen LogP contribution in [0.5, 0.6) is 0 Å².